The van der Waals surface area contributed by atoms with Gasteiger partial charge in [-0.3, -0.25) is 10.2 Å². The van der Waals surface area contributed by atoms with Gasteiger partial charge in [-0.2, -0.15) is 5.26 Å². The number of nitrogens with one attached hydrogen (secondary N) is 2. The third kappa shape index (κ3) is 6.34. The molecule has 1 aliphatic carbocycles. The van der Waals surface area contributed by atoms with Crippen LogP contribution >= 0.6 is 23.4 Å². The number of hydrogen-bond donors (Lipinski definition) is 2. The van der Waals surface area contributed by atoms with E-state index >= 15 is 0 Å². The average molecular weight is 486 g/mol. The van der Waals surface area contributed by atoms with E-state index in [1.807, 2.05) is 11.9 Å². The molecule has 0 spiro atoms. The Kier molecular flexibility index (Phi) is 8.61. The van der Waals surface area contributed by atoms with Crippen LogP contribution in [0.1, 0.15) is 32.6 Å². The topological polar surface area (TPSA) is 106 Å². The first-order valence-electron chi connectivity index (χ1n) is 10.4. The fourth-order valence-electron chi connectivity index (χ4n) is 3.96. The lowest BCUT2D eigenvalue weighted by Crippen LogP contribution is -2.53. The third-order valence-electron chi connectivity index (χ3n) is 5.60. The summed E-state index contributed by atoms with van der Waals surface area (Å²) in [6.45, 7) is 2.87. The molecule has 170 valence electrons. The molecule has 31 heavy (non-hydrogen) atoms. The van der Waals surface area contributed by atoms with Crippen molar-refractivity contribution in [3.63, 3.8) is 0 Å². The number of benzene rings is 1. The molecule has 1 atom stereocenters. The Morgan fingerprint density at radius 3 is 2.58 bits per heavy atom. The molecule has 2 fully saturated rings. The van der Waals surface area contributed by atoms with Crippen molar-refractivity contribution < 1.29 is 13.2 Å². The lowest BCUT2D eigenvalue weighted by Gasteiger charge is -2.37. The van der Waals surface area contributed by atoms with Crippen molar-refractivity contribution in [2.24, 2.45) is 0 Å². The maximum Gasteiger partial charge on any atom is 0.240 e. The highest BCUT2D eigenvalue weighted by Gasteiger charge is 2.33. The van der Waals surface area contributed by atoms with Gasteiger partial charge in [-0.1, -0.05) is 18.5 Å². The molecule has 1 saturated carbocycles. The molecule has 1 saturated heterocycles. The normalized spacial score (nSPS) is 24.3. The van der Waals surface area contributed by atoms with Gasteiger partial charge < -0.3 is 4.90 Å². The van der Waals surface area contributed by atoms with E-state index in [0.717, 1.165) is 12.8 Å². The summed E-state index contributed by atoms with van der Waals surface area (Å²) < 4.78 is 28.0. The molecule has 11 heteroatoms. The Balaban J connectivity index is 1.55. The van der Waals surface area contributed by atoms with E-state index in [-0.39, 0.29) is 35.5 Å². The van der Waals surface area contributed by atoms with Gasteiger partial charge in [-0.05, 0) is 49.9 Å². The van der Waals surface area contributed by atoms with Crippen LogP contribution in [0.25, 0.3) is 0 Å². The zero-order valence-electron chi connectivity index (χ0n) is 17.5. The van der Waals surface area contributed by atoms with Crippen molar-refractivity contribution in [2.75, 3.05) is 24.7 Å². The Bertz CT molecular complexity index is 898. The fraction of sp³-hybridized carbons (Fsp3) is 0.600. The molecule has 1 aromatic carbocycles. The van der Waals surface area contributed by atoms with Crippen LogP contribution in [0.2, 0.25) is 5.02 Å². The van der Waals surface area contributed by atoms with Gasteiger partial charge in [0.15, 0.2) is 0 Å². The molecule has 8 nitrogen and oxygen atoms in total. The number of carbonyl (C=O) groups is 1. The number of amides is 1. The zero-order chi connectivity index (χ0) is 22.4. The number of sulfonamides is 1. The number of thioether (sulfide) groups is 1. The smallest absolute Gasteiger partial charge is 0.240 e. The molecule has 0 aromatic heterocycles. The Hall–Kier alpha value is -1.35. The Morgan fingerprint density at radius 1 is 1.29 bits per heavy atom. The number of halogens is 1. The van der Waals surface area contributed by atoms with Gasteiger partial charge in [0.25, 0.3) is 0 Å². The summed E-state index contributed by atoms with van der Waals surface area (Å²) in [6.07, 6.45) is 2.91. The minimum atomic E-state index is -3.60. The Labute approximate surface area is 193 Å². The van der Waals surface area contributed by atoms with Crippen LogP contribution in [-0.2, 0) is 14.8 Å². The monoisotopic (exact) mass is 485 g/mol. The lowest BCUT2D eigenvalue weighted by molar-refractivity contribution is -0.133. The summed E-state index contributed by atoms with van der Waals surface area (Å²) in [7, 11) is -3.60. The van der Waals surface area contributed by atoms with Gasteiger partial charge in [-0.25, -0.2) is 18.1 Å². The standard InChI is InChI=1S/C20H28ClN5O3S2/c1-2-23-26(12-20(27)25-14-30-13-18(25)11-22)17-7-5-16(6-8-17)24-31(28,29)19-9-3-15(21)4-10-19/h3-4,9-10,16-18,23-24H,2,5-8,12-14H2,1H3. The van der Waals surface area contributed by atoms with E-state index in [9.17, 15) is 18.5 Å². The van der Waals surface area contributed by atoms with E-state index in [1.165, 1.54) is 12.1 Å². The molecule has 1 aliphatic heterocycles. The highest BCUT2D eigenvalue weighted by atomic mass is 35.5. The maximum atomic E-state index is 12.8. The summed E-state index contributed by atoms with van der Waals surface area (Å²) in [5.74, 6) is 1.15. The first kappa shape index (κ1) is 24.3. The highest BCUT2D eigenvalue weighted by molar-refractivity contribution is 7.99. The number of nitriles is 1. The SMILES string of the molecule is CCNN(CC(=O)N1CSCC1C#N)C1CCC(NS(=O)(=O)c2ccc(Cl)cc2)CC1. The van der Waals surface area contributed by atoms with Crippen molar-refractivity contribution >= 4 is 39.3 Å². The van der Waals surface area contributed by atoms with Crippen LogP contribution in [0.4, 0.5) is 0 Å². The van der Waals surface area contributed by atoms with E-state index in [2.05, 4.69) is 16.2 Å². The summed E-state index contributed by atoms with van der Waals surface area (Å²) in [5, 5.41) is 11.7. The van der Waals surface area contributed by atoms with Crippen LogP contribution in [0.3, 0.4) is 0 Å². The molecule has 2 aliphatic rings. The summed E-state index contributed by atoms with van der Waals surface area (Å²) in [5.41, 5.74) is 3.28. The van der Waals surface area contributed by atoms with E-state index in [1.54, 1.807) is 28.8 Å². The third-order valence-corrected chi connectivity index (χ3v) is 8.40. The van der Waals surface area contributed by atoms with Crippen molar-refractivity contribution in [1.82, 2.24) is 20.1 Å². The minimum Gasteiger partial charge on any atom is -0.315 e. The molecular weight excluding hydrogens is 458 g/mol. The second kappa shape index (κ2) is 11.0. The second-order valence-corrected chi connectivity index (χ2v) is 10.9. The average Bonchev–Trinajstić information content (AvgIpc) is 3.23. The molecule has 2 N–H and O–H groups in total. The first-order chi connectivity index (χ1) is 14.8. The summed E-state index contributed by atoms with van der Waals surface area (Å²) >= 11 is 7.44. The van der Waals surface area contributed by atoms with E-state index < -0.39 is 10.0 Å². The number of carbonyl (C=O) groups excluding carboxylic acids is 1. The van der Waals surface area contributed by atoms with Crippen LogP contribution in [0.5, 0.6) is 0 Å². The fourth-order valence-corrected chi connectivity index (χ4v) is 6.49. The van der Waals surface area contributed by atoms with Gasteiger partial charge in [0, 0.05) is 29.4 Å². The van der Waals surface area contributed by atoms with Crippen LogP contribution in [0, 0.1) is 11.3 Å². The zero-order valence-corrected chi connectivity index (χ0v) is 19.8. The van der Waals surface area contributed by atoms with Crippen molar-refractivity contribution in [1.29, 1.82) is 5.26 Å². The number of hydrogen-bond acceptors (Lipinski definition) is 7. The molecule has 3 rings (SSSR count). The van der Waals surface area contributed by atoms with Gasteiger partial charge >= 0.3 is 0 Å². The quantitative estimate of drug-likeness (QED) is 0.543. The second-order valence-electron chi connectivity index (χ2n) is 7.73. The van der Waals surface area contributed by atoms with Crippen LogP contribution in [0.15, 0.2) is 29.2 Å². The highest BCUT2D eigenvalue weighted by Crippen LogP contribution is 2.25. The van der Waals surface area contributed by atoms with Crippen molar-refractivity contribution in [3.8, 4) is 6.07 Å². The predicted octanol–water partition coefficient (Wildman–Crippen LogP) is 2.18. The minimum absolute atomic E-state index is 0.0527. The van der Waals surface area contributed by atoms with Crippen molar-refractivity contribution in [3.05, 3.63) is 29.3 Å². The number of rotatable bonds is 8. The molecule has 1 unspecified atom stereocenters. The summed E-state index contributed by atoms with van der Waals surface area (Å²) in [4.78, 5) is 14.6. The molecule has 1 aromatic rings. The van der Waals surface area contributed by atoms with E-state index in [4.69, 9.17) is 11.6 Å². The molecule has 1 heterocycles. The van der Waals surface area contributed by atoms with Gasteiger partial charge in [0.1, 0.15) is 6.04 Å². The number of nitrogens with zero attached hydrogens (tertiary/aromatic N) is 3. The molecule has 0 bridgehead atoms. The Morgan fingerprint density at radius 2 is 1.97 bits per heavy atom. The largest absolute Gasteiger partial charge is 0.315 e. The predicted molar refractivity (Wildman–Crippen MR) is 122 cm³/mol. The first-order valence-corrected chi connectivity index (χ1v) is 13.4. The van der Waals surface area contributed by atoms with Crippen LogP contribution < -0.4 is 10.1 Å². The van der Waals surface area contributed by atoms with Gasteiger partial charge in [0.2, 0.25) is 15.9 Å². The summed E-state index contributed by atoms with van der Waals surface area (Å²) in [6, 6.07) is 7.95. The van der Waals surface area contributed by atoms with E-state index in [0.29, 0.717) is 36.0 Å². The number of hydrazine groups is 1. The van der Waals surface area contributed by atoms with Crippen molar-refractivity contribution in [2.45, 2.75) is 55.6 Å². The molecular formula is C20H28ClN5O3S2. The molecule has 0 radical (unpaired) electrons. The maximum absolute atomic E-state index is 12.8. The van der Waals surface area contributed by atoms with Gasteiger partial charge in [0.05, 0.1) is 23.4 Å². The molecule has 1 amide bonds. The van der Waals surface area contributed by atoms with Crippen LogP contribution in [-0.4, -0.2) is 67.1 Å². The lowest BCUT2D eigenvalue weighted by atomic mass is 9.91. The van der Waals surface area contributed by atoms with Gasteiger partial charge in [-0.15, -0.1) is 11.8 Å².